The van der Waals surface area contributed by atoms with Gasteiger partial charge < -0.3 is 15.4 Å². The van der Waals surface area contributed by atoms with Gasteiger partial charge in [-0.05, 0) is 29.8 Å². The minimum Gasteiger partial charge on any atom is -0.497 e. The fourth-order valence-corrected chi connectivity index (χ4v) is 2.81. The molecule has 3 rings (SSSR count). The van der Waals surface area contributed by atoms with E-state index in [-0.39, 0.29) is 18.9 Å². The lowest BCUT2D eigenvalue weighted by molar-refractivity contribution is -0.118. The molecule has 0 aliphatic carbocycles. The van der Waals surface area contributed by atoms with Crippen molar-refractivity contribution in [1.82, 2.24) is 9.88 Å². The molecule has 27 heavy (non-hydrogen) atoms. The van der Waals surface area contributed by atoms with E-state index in [1.165, 1.54) is 0 Å². The second-order valence-electron chi connectivity index (χ2n) is 6.18. The molecule has 0 unspecified atom stereocenters. The molecule has 0 spiro atoms. The summed E-state index contributed by atoms with van der Waals surface area (Å²) in [6.45, 7) is 0.626. The Morgan fingerprint density at radius 1 is 1.07 bits per heavy atom. The topological polar surface area (TPSA) is 85.5 Å². The zero-order chi connectivity index (χ0) is 19.2. The van der Waals surface area contributed by atoms with E-state index in [0.29, 0.717) is 17.8 Å². The van der Waals surface area contributed by atoms with Gasteiger partial charge in [-0.3, -0.25) is 9.59 Å². The van der Waals surface area contributed by atoms with E-state index in [1.807, 2.05) is 48.5 Å². The molecular weight excluding hydrogens is 342 g/mol. The molecule has 0 atom stereocenters. The second kappa shape index (κ2) is 8.31. The fraction of sp³-hybridized carbons (Fsp3) is 0.190. The monoisotopic (exact) mass is 363 g/mol. The number of primary amides is 1. The van der Waals surface area contributed by atoms with Crippen LogP contribution in [-0.2, 0) is 11.3 Å². The van der Waals surface area contributed by atoms with Crippen LogP contribution in [0.2, 0.25) is 0 Å². The lowest BCUT2D eigenvalue weighted by Crippen LogP contribution is -2.34. The molecule has 2 N–H and O–H groups in total. The Hall–Kier alpha value is -3.41. The zero-order valence-corrected chi connectivity index (χ0v) is 15.1. The Morgan fingerprint density at radius 3 is 2.56 bits per heavy atom. The number of hydrogen-bond donors (Lipinski definition) is 1. The van der Waals surface area contributed by atoms with Crippen LogP contribution in [0.15, 0.2) is 60.7 Å². The minimum atomic E-state index is -0.445. The van der Waals surface area contributed by atoms with Gasteiger partial charge >= 0.3 is 0 Å². The SMILES string of the molecule is COc1ccc2nc(C(=O)N(CCC(N)=O)Cc3ccccc3)ccc2c1. The molecule has 2 aromatic carbocycles. The number of pyridine rings is 1. The molecule has 0 bridgehead atoms. The highest BCUT2D eigenvalue weighted by molar-refractivity contribution is 5.95. The van der Waals surface area contributed by atoms with Gasteiger partial charge in [0.15, 0.2) is 0 Å². The van der Waals surface area contributed by atoms with Gasteiger partial charge in [0.05, 0.1) is 12.6 Å². The van der Waals surface area contributed by atoms with E-state index in [1.54, 1.807) is 24.1 Å². The maximum absolute atomic E-state index is 13.0. The van der Waals surface area contributed by atoms with Crippen molar-refractivity contribution in [3.63, 3.8) is 0 Å². The second-order valence-corrected chi connectivity index (χ2v) is 6.18. The predicted molar refractivity (Wildman–Crippen MR) is 103 cm³/mol. The van der Waals surface area contributed by atoms with E-state index in [0.717, 1.165) is 16.7 Å². The van der Waals surface area contributed by atoms with Gasteiger partial charge in [-0.25, -0.2) is 4.98 Å². The quantitative estimate of drug-likeness (QED) is 0.699. The van der Waals surface area contributed by atoms with Gasteiger partial charge in [-0.15, -0.1) is 0 Å². The minimum absolute atomic E-state index is 0.101. The summed E-state index contributed by atoms with van der Waals surface area (Å²) in [5.74, 6) is 0.0489. The smallest absolute Gasteiger partial charge is 0.272 e. The normalized spacial score (nSPS) is 10.6. The first-order valence-corrected chi connectivity index (χ1v) is 8.63. The van der Waals surface area contributed by atoms with Crippen LogP contribution in [0, 0.1) is 0 Å². The molecule has 6 heteroatoms. The number of nitrogens with two attached hydrogens (primary N) is 1. The Labute approximate surface area is 157 Å². The van der Waals surface area contributed by atoms with Crippen LogP contribution in [0.3, 0.4) is 0 Å². The Morgan fingerprint density at radius 2 is 1.85 bits per heavy atom. The summed E-state index contributed by atoms with van der Waals surface area (Å²) in [5, 5.41) is 0.887. The number of carbonyl (C=O) groups is 2. The van der Waals surface area contributed by atoms with Crippen LogP contribution in [0.25, 0.3) is 10.9 Å². The van der Waals surface area contributed by atoms with Crippen LogP contribution in [0.4, 0.5) is 0 Å². The van der Waals surface area contributed by atoms with Gasteiger partial charge in [0.2, 0.25) is 5.91 Å². The van der Waals surface area contributed by atoms with Crippen molar-refractivity contribution < 1.29 is 14.3 Å². The van der Waals surface area contributed by atoms with E-state index >= 15 is 0 Å². The predicted octanol–water partition coefficient (Wildman–Crippen LogP) is 2.76. The molecule has 0 aliphatic heterocycles. The van der Waals surface area contributed by atoms with Crippen LogP contribution < -0.4 is 10.5 Å². The van der Waals surface area contributed by atoms with Crippen LogP contribution in [0.1, 0.15) is 22.5 Å². The first kappa shape index (κ1) is 18.4. The molecule has 0 aliphatic rings. The number of aromatic nitrogens is 1. The lowest BCUT2D eigenvalue weighted by atomic mass is 10.1. The summed E-state index contributed by atoms with van der Waals surface area (Å²) in [4.78, 5) is 30.3. The maximum Gasteiger partial charge on any atom is 0.272 e. The summed E-state index contributed by atoms with van der Waals surface area (Å²) in [7, 11) is 1.60. The molecule has 0 fully saturated rings. The Kier molecular flexibility index (Phi) is 5.66. The molecule has 1 heterocycles. The molecule has 1 aromatic heterocycles. The number of fused-ring (bicyclic) bond motifs is 1. The number of hydrogen-bond acceptors (Lipinski definition) is 4. The third-order valence-electron chi connectivity index (χ3n) is 4.25. The van der Waals surface area contributed by atoms with Gasteiger partial charge in [0.25, 0.3) is 5.91 Å². The summed E-state index contributed by atoms with van der Waals surface area (Å²) < 4.78 is 5.21. The highest BCUT2D eigenvalue weighted by Crippen LogP contribution is 2.20. The summed E-state index contributed by atoms with van der Waals surface area (Å²) >= 11 is 0. The van der Waals surface area contributed by atoms with Crippen molar-refractivity contribution >= 4 is 22.7 Å². The number of carbonyl (C=O) groups excluding carboxylic acids is 2. The number of benzene rings is 2. The summed E-state index contributed by atoms with van der Waals surface area (Å²) in [5.41, 5.74) is 7.28. The van der Waals surface area contributed by atoms with Gasteiger partial charge in [-0.2, -0.15) is 0 Å². The fourth-order valence-electron chi connectivity index (χ4n) is 2.81. The lowest BCUT2D eigenvalue weighted by Gasteiger charge is -2.22. The Bertz CT molecular complexity index is 957. The third kappa shape index (κ3) is 4.61. The van der Waals surface area contributed by atoms with Crippen molar-refractivity contribution in [1.29, 1.82) is 0 Å². The molecule has 0 saturated carbocycles. The molecule has 138 valence electrons. The van der Waals surface area contributed by atoms with Crippen molar-refractivity contribution in [2.75, 3.05) is 13.7 Å². The molecule has 6 nitrogen and oxygen atoms in total. The van der Waals surface area contributed by atoms with Crippen LogP contribution in [0.5, 0.6) is 5.75 Å². The molecule has 0 saturated heterocycles. The average Bonchev–Trinajstić information content (AvgIpc) is 2.70. The largest absolute Gasteiger partial charge is 0.497 e. The van der Waals surface area contributed by atoms with Crippen LogP contribution >= 0.6 is 0 Å². The molecule has 2 amide bonds. The standard InChI is InChI=1S/C21H21N3O3/c1-27-17-8-10-18-16(13-17)7-9-19(23-18)21(26)24(12-11-20(22)25)14-15-5-3-2-4-6-15/h2-10,13H,11-12,14H2,1H3,(H2,22,25). The van der Waals surface area contributed by atoms with Crippen molar-refractivity contribution in [2.45, 2.75) is 13.0 Å². The zero-order valence-electron chi connectivity index (χ0n) is 15.1. The number of methoxy groups -OCH3 is 1. The first-order chi connectivity index (χ1) is 13.1. The van der Waals surface area contributed by atoms with Crippen molar-refractivity contribution in [3.05, 3.63) is 71.9 Å². The highest BCUT2D eigenvalue weighted by Gasteiger charge is 2.18. The third-order valence-corrected chi connectivity index (χ3v) is 4.25. The van der Waals surface area contributed by atoms with Crippen LogP contribution in [-0.4, -0.2) is 35.4 Å². The van der Waals surface area contributed by atoms with E-state index in [9.17, 15) is 9.59 Å². The Balaban J connectivity index is 1.87. The first-order valence-electron chi connectivity index (χ1n) is 8.63. The number of amides is 2. The van der Waals surface area contributed by atoms with E-state index < -0.39 is 5.91 Å². The van der Waals surface area contributed by atoms with Gasteiger partial charge in [0, 0.05) is 24.9 Å². The number of rotatable bonds is 7. The van der Waals surface area contributed by atoms with E-state index in [4.69, 9.17) is 10.5 Å². The van der Waals surface area contributed by atoms with Crippen molar-refractivity contribution in [3.8, 4) is 5.75 Å². The summed E-state index contributed by atoms with van der Waals surface area (Å²) in [6.07, 6.45) is 0.101. The summed E-state index contributed by atoms with van der Waals surface area (Å²) in [6, 6.07) is 18.6. The van der Waals surface area contributed by atoms with Crippen molar-refractivity contribution in [2.24, 2.45) is 5.73 Å². The average molecular weight is 363 g/mol. The maximum atomic E-state index is 13.0. The number of ether oxygens (including phenoxy) is 1. The molecule has 3 aromatic rings. The van der Waals surface area contributed by atoms with E-state index in [2.05, 4.69) is 4.98 Å². The number of nitrogens with zero attached hydrogens (tertiary/aromatic N) is 2. The molecular formula is C21H21N3O3. The molecule has 0 radical (unpaired) electrons. The van der Waals surface area contributed by atoms with Gasteiger partial charge in [0.1, 0.15) is 11.4 Å². The van der Waals surface area contributed by atoms with Gasteiger partial charge in [-0.1, -0.05) is 36.4 Å². The highest BCUT2D eigenvalue weighted by atomic mass is 16.5.